The Hall–Kier alpha value is -2.04. The van der Waals surface area contributed by atoms with Crippen LogP contribution < -0.4 is 9.47 Å². The van der Waals surface area contributed by atoms with Gasteiger partial charge in [-0.1, -0.05) is 6.42 Å². The van der Waals surface area contributed by atoms with Gasteiger partial charge in [-0.3, -0.25) is 9.59 Å². The standard InChI is InChI=1S/C16H18O5/c17-15(11-3-1-4-12(11)16(18)19)10-5-6-13-14(9-10)21-8-2-7-20-13/h5-6,9,11-12H,1-4,7-8H2,(H,18,19). The second kappa shape index (κ2) is 5.76. The molecule has 3 rings (SSSR count). The highest BCUT2D eigenvalue weighted by molar-refractivity contribution is 6.00. The summed E-state index contributed by atoms with van der Waals surface area (Å²) in [5.41, 5.74) is 0.511. The molecule has 0 amide bonds. The van der Waals surface area contributed by atoms with Crippen molar-refractivity contribution in [3.63, 3.8) is 0 Å². The van der Waals surface area contributed by atoms with Crippen LogP contribution in [0.5, 0.6) is 11.5 Å². The third-order valence-electron chi connectivity index (χ3n) is 4.20. The number of carbonyl (C=O) groups excluding carboxylic acids is 1. The maximum Gasteiger partial charge on any atom is 0.307 e. The number of carboxylic acids is 1. The maximum atomic E-state index is 12.6. The molecule has 1 heterocycles. The van der Waals surface area contributed by atoms with Gasteiger partial charge in [-0.2, -0.15) is 0 Å². The minimum atomic E-state index is -0.875. The van der Waals surface area contributed by atoms with Crippen LogP contribution in [0, 0.1) is 11.8 Å². The van der Waals surface area contributed by atoms with Crippen LogP contribution in [0.4, 0.5) is 0 Å². The maximum absolute atomic E-state index is 12.6. The predicted octanol–water partition coefficient (Wildman–Crippen LogP) is 2.53. The zero-order valence-corrected chi connectivity index (χ0v) is 11.7. The minimum absolute atomic E-state index is 0.101. The molecule has 2 aliphatic rings. The quantitative estimate of drug-likeness (QED) is 0.866. The molecule has 1 saturated carbocycles. The van der Waals surface area contributed by atoms with Crippen molar-refractivity contribution in [2.75, 3.05) is 13.2 Å². The highest BCUT2D eigenvalue weighted by atomic mass is 16.5. The Morgan fingerprint density at radius 3 is 2.48 bits per heavy atom. The van der Waals surface area contributed by atoms with Crippen molar-refractivity contribution in [1.29, 1.82) is 0 Å². The molecule has 5 heteroatoms. The van der Waals surface area contributed by atoms with Crippen molar-refractivity contribution in [2.45, 2.75) is 25.7 Å². The van der Waals surface area contributed by atoms with Gasteiger partial charge in [-0.15, -0.1) is 0 Å². The summed E-state index contributed by atoms with van der Waals surface area (Å²) in [5, 5.41) is 9.21. The predicted molar refractivity (Wildman–Crippen MR) is 74.8 cm³/mol. The minimum Gasteiger partial charge on any atom is -0.490 e. The van der Waals surface area contributed by atoms with Crippen LogP contribution >= 0.6 is 0 Å². The van der Waals surface area contributed by atoms with Gasteiger partial charge in [0.15, 0.2) is 17.3 Å². The van der Waals surface area contributed by atoms with Crippen LogP contribution in [0.2, 0.25) is 0 Å². The highest BCUT2D eigenvalue weighted by Gasteiger charge is 2.38. The fourth-order valence-electron chi connectivity index (χ4n) is 3.10. The monoisotopic (exact) mass is 290 g/mol. The van der Waals surface area contributed by atoms with Gasteiger partial charge >= 0.3 is 5.97 Å². The molecule has 0 spiro atoms. The molecule has 1 aromatic carbocycles. The number of fused-ring (bicyclic) bond motifs is 1. The molecular weight excluding hydrogens is 272 g/mol. The van der Waals surface area contributed by atoms with E-state index in [1.165, 1.54) is 0 Å². The smallest absolute Gasteiger partial charge is 0.307 e. The van der Waals surface area contributed by atoms with E-state index >= 15 is 0 Å². The summed E-state index contributed by atoms with van der Waals surface area (Å²) >= 11 is 0. The van der Waals surface area contributed by atoms with Gasteiger partial charge in [0.25, 0.3) is 0 Å². The van der Waals surface area contributed by atoms with Crippen LogP contribution in [0.1, 0.15) is 36.0 Å². The van der Waals surface area contributed by atoms with Gasteiger partial charge in [-0.25, -0.2) is 0 Å². The van der Waals surface area contributed by atoms with Crippen molar-refractivity contribution in [1.82, 2.24) is 0 Å². The van der Waals surface area contributed by atoms with Crippen molar-refractivity contribution in [2.24, 2.45) is 11.8 Å². The molecule has 0 aromatic heterocycles. The molecule has 0 saturated heterocycles. The Kier molecular flexibility index (Phi) is 3.82. The van der Waals surface area contributed by atoms with E-state index in [2.05, 4.69) is 0 Å². The Balaban J connectivity index is 1.85. The lowest BCUT2D eigenvalue weighted by molar-refractivity contribution is -0.142. The number of carboxylic acid groups (broad SMARTS) is 1. The number of hydrogen-bond donors (Lipinski definition) is 1. The van der Waals surface area contributed by atoms with Gasteiger partial charge in [0.05, 0.1) is 19.1 Å². The molecule has 2 atom stereocenters. The van der Waals surface area contributed by atoms with E-state index in [4.69, 9.17) is 9.47 Å². The number of rotatable bonds is 3. The van der Waals surface area contributed by atoms with Crippen LogP contribution in [-0.2, 0) is 4.79 Å². The summed E-state index contributed by atoms with van der Waals surface area (Å²) in [6.45, 7) is 1.16. The van der Waals surface area contributed by atoms with Crippen LogP contribution in [0.25, 0.3) is 0 Å². The SMILES string of the molecule is O=C(O)C1CCCC1C(=O)c1ccc2c(c1)OCCCO2. The van der Waals surface area contributed by atoms with Gasteiger partial charge in [0.1, 0.15) is 0 Å². The average Bonchev–Trinajstić information content (AvgIpc) is 2.85. The van der Waals surface area contributed by atoms with Gasteiger partial charge in [0, 0.05) is 17.9 Å². The molecule has 1 N–H and O–H groups in total. The van der Waals surface area contributed by atoms with Gasteiger partial charge < -0.3 is 14.6 Å². The number of Topliss-reactive ketones (excluding diaryl/α,β-unsaturated/α-hetero) is 1. The van der Waals surface area contributed by atoms with Gasteiger partial charge in [-0.05, 0) is 31.0 Å². The van der Waals surface area contributed by atoms with E-state index < -0.39 is 17.8 Å². The largest absolute Gasteiger partial charge is 0.490 e. The van der Waals surface area contributed by atoms with E-state index in [0.717, 1.165) is 12.8 Å². The van der Waals surface area contributed by atoms with Crippen LogP contribution in [-0.4, -0.2) is 30.1 Å². The molecule has 21 heavy (non-hydrogen) atoms. The van der Waals surface area contributed by atoms with Crippen LogP contribution in [0.15, 0.2) is 18.2 Å². The number of carbonyl (C=O) groups is 2. The first-order chi connectivity index (χ1) is 10.2. The summed E-state index contributed by atoms with van der Waals surface area (Å²) < 4.78 is 11.1. The molecular formula is C16H18O5. The Labute approximate surface area is 122 Å². The number of ketones is 1. The fourth-order valence-corrected chi connectivity index (χ4v) is 3.10. The van der Waals surface area contributed by atoms with Gasteiger partial charge in [0.2, 0.25) is 0 Å². The molecule has 1 aliphatic heterocycles. The normalized spacial score (nSPS) is 24.4. The fraction of sp³-hybridized carbons (Fsp3) is 0.500. The zero-order valence-electron chi connectivity index (χ0n) is 11.7. The lowest BCUT2D eigenvalue weighted by Gasteiger charge is -2.15. The molecule has 1 fully saturated rings. The zero-order chi connectivity index (χ0) is 14.8. The van der Waals surface area contributed by atoms with E-state index in [0.29, 0.717) is 43.1 Å². The molecule has 1 aromatic rings. The lowest BCUT2D eigenvalue weighted by Crippen LogP contribution is -2.25. The summed E-state index contributed by atoms with van der Waals surface area (Å²) in [6, 6.07) is 5.12. The topological polar surface area (TPSA) is 72.8 Å². The van der Waals surface area contributed by atoms with E-state index in [1.54, 1.807) is 18.2 Å². The van der Waals surface area contributed by atoms with E-state index in [1.807, 2.05) is 0 Å². The summed E-state index contributed by atoms with van der Waals surface area (Å²) in [5.74, 6) is -0.745. The molecule has 2 unspecified atom stereocenters. The summed E-state index contributed by atoms with van der Waals surface area (Å²) in [4.78, 5) is 23.8. The second-order valence-corrected chi connectivity index (χ2v) is 5.56. The first kappa shape index (κ1) is 13.9. The van der Waals surface area contributed by atoms with E-state index in [9.17, 15) is 14.7 Å². The third-order valence-corrected chi connectivity index (χ3v) is 4.20. The highest BCUT2D eigenvalue weighted by Crippen LogP contribution is 2.36. The molecule has 1 aliphatic carbocycles. The summed E-state index contributed by atoms with van der Waals surface area (Å²) in [6.07, 6.45) is 2.82. The Morgan fingerprint density at radius 2 is 1.71 bits per heavy atom. The second-order valence-electron chi connectivity index (χ2n) is 5.56. The number of aliphatic carboxylic acids is 1. The molecule has 112 valence electrons. The average molecular weight is 290 g/mol. The number of benzene rings is 1. The van der Waals surface area contributed by atoms with Crippen molar-refractivity contribution >= 4 is 11.8 Å². The number of ether oxygens (including phenoxy) is 2. The van der Waals surface area contributed by atoms with Crippen molar-refractivity contribution in [3.8, 4) is 11.5 Å². The van der Waals surface area contributed by atoms with Crippen molar-refractivity contribution in [3.05, 3.63) is 23.8 Å². The lowest BCUT2D eigenvalue weighted by atomic mass is 9.88. The molecule has 5 nitrogen and oxygen atoms in total. The first-order valence-corrected chi connectivity index (χ1v) is 7.33. The van der Waals surface area contributed by atoms with Crippen LogP contribution in [0.3, 0.4) is 0 Å². The Morgan fingerprint density at radius 1 is 1.00 bits per heavy atom. The summed E-state index contributed by atoms with van der Waals surface area (Å²) in [7, 11) is 0. The third kappa shape index (κ3) is 2.73. The first-order valence-electron chi connectivity index (χ1n) is 7.33. The molecule has 0 radical (unpaired) electrons. The number of hydrogen-bond acceptors (Lipinski definition) is 4. The van der Waals surface area contributed by atoms with E-state index in [-0.39, 0.29) is 5.78 Å². The van der Waals surface area contributed by atoms with Crippen molar-refractivity contribution < 1.29 is 24.2 Å². The molecule has 0 bridgehead atoms. The Bertz CT molecular complexity index is 566.